The highest BCUT2D eigenvalue weighted by Crippen LogP contribution is 2.38. The molecule has 28 heavy (non-hydrogen) atoms. The third-order valence-electron chi connectivity index (χ3n) is 4.53. The second kappa shape index (κ2) is 8.14. The monoisotopic (exact) mass is 397 g/mol. The summed E-state index contributed by atoms with van der Waals surface area (Å²) in [5, 5.41) is 5.56. The summed E-state index contributed by atoms with van der Waals surface area (Å²) in [5.41, 5.74) is -1.20. The third kappa shape index (κ3) is 4.59. The van der Waals surface area contributed by atoms with Crippen LogP contribution in [0.15, 0.2) is 36.5 Å². The van der Waals surface area contributed by atoms with Gasteiger partial charge in [-0.3, -0.25) is 4.79 Å². The second-order valence-electron chi connectivity index (χ2n) is 6.53. The quantitative estimate of drug-likeness (QED) is 0.591. The number of carbonyl (C=O) groups is 1. The molecule has 1 aromatic carbocycles. The number of alkyl halides is 3. The van der Waals surface area contributed by atoms with Gasteiger partial charge in [-0.2, -0.15) is 17.6 Å². The van der Waals surface area contributed by atoms with E-state index in [1.165, 1.54) is 18.3 Å². The Bertz CT molecular complexity index is 851. The van der Waals surface area contributed by atoms with Crippen LogP contribution in [-0.2, 0) is 6.18 Å². The summed E-state index contributed by atoms with van der Waals surface area (Å²) in [7, 11) is 0. The van der Waals surface area contributed by atoms with Crippen molar-refractivity contribution in [2.75, 3.05) is 11.9 Å². The Hall–Kier alpha value is -2.68. The number of ether oxygens (including phenoxy) is 1. The summed E-state index contributed by atoms with van der Waals surface area (Å²) in [6.07, 6.45) is -2.19. The van der Waals surface area contributed by atoms with E-state index in [1.54, 1.807) is 6.92 Å². The molecule has 2 heterocycles. The normalized spacial score (nSPS) is 18.0. The van der Waals surface area contributed by atoms with Crippen molar-refractivity contribution in [3.8, 4) is 5.75 Å². The van der Waals surface area contributed by atoms with Crippen molar-refractivity contribution < 1.29 is 27.1 Å². The molecule has 3 rings (SSSR count). The number of nitrogens with one attached hydrogen (secondary N) is 2. The first-order chi connectivity index (χ1) is 13.3. The van der Waals surface area contributed by atoms with Gasteiger partial charge in [0.05, 0.1) is 11.1 Å². The molecule has 2 aromatic rings. The smallest absolute Gasteiger partial charge is 0.419 e. The summed E-state index contributed by atoms with van der Waals surface area (Å²) < 4.78 is 59.3. The molecule has 2 atom stereocenters. The van der Waals surface area contributed by atoms with Crippen LogP contribution in [0, 0.1) is 5.95 Å². The van der Waals surface area contributed by atoms with Crippen molar-refractivity contribution in [3.05, 3.63) is 53.6 Å². The van der Waals surface area contributed by atoms with Gasteiger partial charge in [0.2, 0.25) is 5.95 Å². The molecule has 0 saturated carbocycles. The average Bonchev–Trinajstić information content (AvgIpc) is 3.16. The highest BCUT2D eigenvalue weighted by molar-refractivity contribution is 6.04. The molecule has 1 aromatic heterocycles. The van der Waals surface area contributed by atoms with Crippen molar-refractivity contribution in [2.24, 2.45) is 0 Å². The van der Waals surface area contributed by atoms with Crippen molar-refractivity contribution in [2.45, 2.75) is 38.1 Å². The number of nitrogens with zero attached hydrogens (tertiary/aromatic N) is 1. The zero-order valence-corrected chi connectivity index (χ0v) is 15.0. The van der Waals surface area contributed by atoms with Crippen LogP contribution >= 0.6 is 0 Å². The Balaban J connectivity index is 1.84. The highest BCUT2D eigenvalue weighted by atomic mass is 19.4. The number of hydrogen-bond acceptors (Lipinski definition) is 4. The maximum absolute atomic E-state index is 13.6. The van der Waals surface area contributed by atoms with E-state index >= 15 is 0 Å². The van der Waals surface area contributed by atoms with Crippen LogP contribution in [0.2, 0.25) is 0 Å². The molecule has 1 fully saturated rings. The van der Waals surface area contributed by atoms with E-state index in [1.807, 2.05) is 0 Å². The van der Waals surface area contributed by atoms with Crippen LogP contribution in [0.1, 0.15) is 35.7 Å². The van der Waals surface area contributed by atoms with Crippen LogP contribution < -0.4 is 15.4 Å². The number of amides is 1. The first kappa shape index (κ1) is 20.1. The number of carbonyl (C=O) groups excluding carboxylic acids is 1. The van der Waals surface area contributed by atoms with E-state index in [-0.39, 0.29) is 17.3 Å². The van der Waals surface area contributed by atoms with Gasteiger partial charge in [-0.25, -0.2) is 4.98 Å². The predicted molar refractivity (Wildman–Crippen MR) is 94.7 cm³/mol. The minimum absolute atomic E-state index is 0.0520. The van der Waals surface area contributed by atoms with Gasteiger partial charge in [0.1, 0.15) is 11.9 Å². The zero-order chi connectivity index (χ0) is 20.3. The van der Waals surface area contributed by atoms with Gasteiger partial charge in [0, 0.05) is 24.0 Å². The molecule has 0 spiro atoms. The molecule has 0 aliphatic carbocycles. The SMILES string of the molecule is CC(Oc1cc(NC(=O)c2cccnc2F)ccc1C(F)(F)F)C1CCCN1. The van der Waals surface area contributed by atoms with Gasteiger partial charge in [-0.15, -0.1) is 0 Å². The Morgan fingerprint density at radius 2 is 2.14 bits per heavy atom. The maximum atomic E-state index is 13.6. The molecular formula is C19H19F4N3O2. The molecule has 1 amide bonds. The van der Waals surface area contributed by atoms with Crippen LogP contribution in [-0.4, -0.2) is 29.6 Å². The van der Waals surface area contributed by atoms with Crippen LogP contribution in [0.25, 0.3) is 0 Å². The van der Waals surface area contributed by atoms with Crippen molar-refractivity contribution >= 4 is 11.6 Å². The topological polar surface area (TPSA) is 63.2 Å². The van der Waals surface area contributed by atoms with Gasteiger partial charge in [0.15, 0.2) is 0 Å². The van der Waals surface area contributed by atoms with Crippen LogP contribution in [0.3, 0.4) is 0 Å². The van der Waals surface area contributed by atoms with E-state index in [0.29, 0.717) is 0 Å². The molecule has 0 bridgehead atoms. The lowest BCUT2D eigenvalue weighted by Gasteiger charge is -2.24. The number of aromatic nitrogens is 1. The highest BCUT2D eigenvalue weighted by Gasteiger charge is 2.35. The molecular weight excluding hydrogens is 378 g/mol. The molecule has 9 heteroatoms. The number of rotatable bonds is 5. The Labute approximate surface area is 159 Å². The lowest BCUT2D eigenvalue weighted by Crippen LogP contribution is -2.37. The number of benzene rings is 1. The van der Waals surface area contributed by atoms with E-state index in [2.05, 4.69) is 15.6 Å². The first-order valence-electron chi connectivity index (χ1n) is 8.79. The first-order valence-corrected chi connectivity index (χ1v) is 8.79. The maximum Gasteiger partial charge on any atom is 0.419 e. The van der Waals surface area contributed by atoms with Crippen LogP contribution in [0.5, 0.6) is 5.75 Å². The number of pyridine rings is 1. The third-order valence-corrected chi connectivity index (χ3v) is 4.53. The minimum Gasteiger partial charge on any atom is -0.488 e. The molecule has 1 aliphatic heterocycles. The largest absolute Gasteiger partial charge is 0.488 e. The average molecular weight is 397 g/mol. The Morgan fingerprint density at radius 3 is 2.79 bits per heavy atom. The fourth-order valence-corrected chi connectivity index (χ4v) is 3.08. The predicted octanol–water partition coefficient (Wildman–Crippen LogP) is 4.01. The summed E-state index contributed by atoms with van der Waals surface area (Å²) in [6.45, 7) is 2.48. The van der Waals surface area contributed by atoms with Crippen molar-refractivity contribution in [1.29, 1.82) is 0 Å². The number of hydrogen-bond donors (Lipinski definition) is 2. The second-order valence-corrected chi connectivity index (χ2v) is 6.53. The van der Waals surface area contributed by atoms with Crippen LogP contribution in [0.4, 0.5) is 23.2 Å². The fraction of sp³-hybridized carbons (Fsp3) is 0.368. The molecule has 1 aliphatic rings. The lowest BCUT2D eigenvalue weighted by molar-refractivity contribution is -0.139. The molecule has 1 saturated heterocycles. The van der Waals surface area contributed by atoms with Crippen molar-refractivity contribution in [1.82, 2.24) is 10.3 Å². The number of halogens is 4. The van der Waals surface area contributed by atoms with Gasteiger partial charge in [-0.05, 0) is 50.6 Å². The fourth-order valence-electron chi connectivity index (χ4n) is 3.08. The minimum atomic E-state index is -4.61. The van der Waals surface area contributed by atoms with Gasteiger partial charge in [0.25, 0.3) is 5.91 Å². The van der Waals surface area contributed by atoms with Gasteiger partial charge >= 0.3 is 6.18 Å². The molecule has 2 N–H and O–H groups in total. The van der Waals surface area contributed by atoms with E-state index in [4.69, 9.17) is 4.74 Å². The molecule has 0 radical (unpaired) electrons. The summed E-state index contributed by atoms with van der Waals surface area (Å²) in [6, 6.07) is 5.59. The zero-order valence-electron chi connectivity index (χ0n) is 15.0. The van der Waals surface area contributed by atoms with Crippen molar-refractivity contribution in [3.63, 3.8) is 0 Å². The van der Waals surface area contributed by atoms with E-state index < -0.39 is 35.4 Å². The summed E-state index contributed by atoms with van der Waals surface area (Å²) >= 11 is 0. The lowest BCUT2D eigenvalue weighted by atomic mass is 10.1. The van der Waals surface area contributed by atoms with Gasteiger partial charge < -0.3 is 15.4 Å². The number of anilines is 1. The standard InChI is InChI=1S/C19H19F4N3O2/c1-11(15-5-3-8-24-15)28-16-10-12(6-7-14(16)19(21,22)23)26-18(27)13-4-2-9-25-17(13)20/h2,4,6-7,9-11,15,24H,3,5,8H2,1H3,(H,26,27). The molecule has 2 unspecified atom stereocenters. The van der Waals surface area contributed by atoms with E-state index in [0.717, 1.165) is 37.6 Å². The van der Waals surface area contributed by atoms with E-state index in [9.17, 15) is 22.4 Å². The molecule has 5 nitrogen and oxygen atoms in total. The van der Waals surface area contributed by atoms with Gasteiger partial charge in [-0.1, -0.05) is 0 Å². The Morgan fingerprint density at radius 1 is 1.36 bits per heavy atom. The summed E-state index contributed by atoms with van der Waals surface area (Å²) in [5.74, 6) is -2.18. The summed E-state index contributed by atoms with van der Waals surface area (Å²) in [4.78, 5) is 15.6. The Kier molecular flexibility index (Phi) is 5.83. The molecule has 150 valence electrons.